The van der Waals surface area contributed by atoms with E-state index in [4.69, 9.17) is 11.6 Å². The number of carbonyl (C=O) groups excluding carboxylic acids is 3. The normalized spacial score (nSPS) is 25.2. The summed E-state index contributed by atoms with van der Waals surface area (Å²) in [6, 6.07) is 7.36. The summed E-state index contributed by atoms with van der Waals surface area (Å²) in [6.07, 6.45) is 3.75. The van der Waals surface area contributed by atoms with Crippen molar-refractivity contribution in [2.45, 2.75) is 58.0 Å². The molecule has 0 aromatic heterocycles. The van der Waals surface area contributed by atoms with E-state index >= 15 is 0 Å². The predicted molar refractivity (Wildman–Crippen MR) is 123 cm³/mol. The Balaban J connectivity index is 1.36. The van der Waals surface area contributed by atoms with Gasteiger partial charge in [0, 0.05) is 29.3 Å². The number of nitrogens with zero attached hydrogens (tertiary/aromatic N) is 1. The zero-order valence-electron chi connectivity index (χ0n) is 18.5. The summed E-state index contributed by atoms with van der Waals surface area (Å²) >= 11 is 6.11. The monoisotopic (exact) mass is 459 g/mol. The number of hydrogen-bond acceptors (Lipinski definition) is 5. The third-order valence-electron chi connectivity index (χ3n) is 6.56. The van der Waals surface area contributed by atoms with Crippen molar-refractivity contribution < 1.29 is 14.4 Å². The van der Waals surface area contributed by atoms with Gasteiger partial charge in [0.05, 0.1) is 12.1 Å². The molecule has 1 aliphatic carbocycles. The molecule has 3 amide bonds. The van der Waals surface area contributed by atoms with Crippen molar-refractivity contribution in [3.8, 4) is 0 Å². The number of rotatable bonds is 5. The molecule has 32 heavy (non-hydrogen) atoms. The Morgan fingerprint density at radius 2 is 1.81 bits per heavy atom. The van der Waals surface area contributed by atoms with E-state index in [0.717, 1.165) is 37.8 Å². The van der Waals surface area contributed by atoms with Gasteiger partial charge in [0.15, 0.2) is 0 Å². The van der Waals surface area contributed by atoms with E-state index in [2.05, 4.69) is 21.3 Å². The van der Waals surface area contributed by atoms with Gasteiger partial charge in [-0.3, -0.25) is 14.4 Å². The van der Waals surface area contributed by atoms with E-state index < -0.39 is 0 Å². The lowest BCUT2D eigenvalue weighted by Crippen LogP contribution is -2.45. The fraction of sp³-hybridized carbons (Fsp3) is 0.522. The molecule has 1 saturated carbocycles. The van der Waals surface area contributed by atoms with Crippen LogP contribution in [0.2, 0.25) is 5.02 Å². The molecule has 2 fully saturated rings. The second-order valence-corrected chi connectivity index (χ2v) is 9.56. The summed E-state index contributed by atoms with van der Waals surface area (Å²) in [4.78, 5) is 40.3. The smallest absolute Gasteiger partial charge is 0.269 e. The van der Waals surface area contributed by atoms with Crippen LogP contribution in [-0.2, 0) is 14.4 Å². The van der Waals surface area contributed by atoms with Gasteiger partial charge in [-0.15, -0.1) is 0 Å². The van der Waals surface area contributed by atoms with E-state index in [0.29, 0.717) is 18.2 Å². The third-order valence-corrected chi connectivity index (χ3v) is 6.80. The SMILES string of the molecule is CC(C)NC(=O)C1=C(C(=O)NC2CCC3(CC2)CCN(c2cccc(Cl)c2)C3=O)NCN1. The molecule has 2 heterocycles. The Bertz CT molecular complexity index is 953. The number of anilines is 1. The molecule has 4 N–H and O–H groups in total. The molecule has 3 aliphatic rings. The predicted octanol–water partition coefficient (Wildman–Crippen LogP) is 2.01. The number of nitrogens with one attached hydrogen (secondary N) is 4. The minimum atomic E-state index is -0.363. The summed E-state index contributed by atoms with van der Waals surface area (Å²) in [6.45, 7) is 4.77. The molecule has 2 aliphatic heterocycles. The van der Waals surface area contributed by atoms with Crippen LogP contribution >= 0.6 is 11.6 Å². The fourth-order valence-electron chi connectivity index (χ4n) is 4.87. The lowest BCUT2D eigenvalue weighted by atomic mass is 9.71. The third kappa shape index (κ3) is 4.41. The molecular weight excluding hydrogens is 430 g/mol. The summed E-state index contributed by atoms with van der Waals surface area (Å²) in [7, 11) is 0. The summed E-state index contributed by atoms with van der Waals surface area (Å²) in [5.41, 5.74) is 1.02. The van der Waals surface area contributed by atoms with Gasteiger partial charge in [0.2, 0.25) is 5.91 Å². The van der Waals surface area contributed by atoms with Gasteiger partial charge in [0.25, 0.3) is 11.8 Å². The molecule has 172 valence electrons. The molecule has 0 bridgehead atoms. The summed E-state index contributed by atoms with van der Waals surface area (Å²) in [5.74, 6) is -0.430. The first kappa shape index (κ1) is 22.5. The van der Waals surface area contributed by atoms with Gasteiger partial charge < -0.3 is 26.2 Å². The van der Waals surface area contributed by atoms with Crippen LogP contribution in [0.5, 0.6) is 0 Å². The highest BCUT2D eigenvalue weighted by atomic mass is 35.5. The molecule has 1 aromatic rings. The first-order chi connectivity index (χ1) is 15.3. The van der Waals surface area contributed by atoms with E-state index in [9.17, 15) is 14.4 Å². The van der Waals surface area contributed by atoms with Crippen LogP contribution in [0.4, 0.5) is 5.69 Å². The van der Waals surface area contributed by atoms with Gasteiger partial charge in [-0.2, -0.15) is 0 Å². The van der Waals surface area contributed by atoms with Crippen molar-refractivity contribution in [3.05, 3.63) is 40.7 Å². The van der Waals surface area contributed by atoms with Crippen LogP contribution < -0.4 is 26.2 Å². The lowest BCUT2D eigenvalue weighted by Gasteiger charge is -2.36. The number of benzene rings is 1. The molecule has 0 radical (unpaired) electrons. The van der Waals surface area contributed by atoms with Gasteiger partial charge >= 0.3 is 0 Å². The topological polar surface area (TPSA) is 103 Å². The largest absolute Gasteiger partial charge is 0.362 e. The average molecular weight is 460 g/mol. The Labute approximate surface area is 193 Å². The first-order valence-electron chi connectivity index (χ1n) is 11.2. The minimum Gasteiger partial charge on any atom is -0.362 e. The van der Waals surface area contributed by atoms with Crippen LogP contribution in [-0.4, -0.2) is 43.0 Å². The first-order valence-corrected chi connectivity index (χ1v) is 11.6. The molecule has 0 atom stereocenters. The highest BCUT2D eigenvalue weighted by Crippen LogP contribution is 2.46. The van der Waals surface area contributed by atoms with Crippen LogP contribution in [0.1, 0.15) is 46.0 Å². The summed E-state index contributed by atoms with van der Waals surface area (Å²) < 4.78 is 0. The number of carbonyl (C=O) groups is 3. The second-order valence-electron chi connectivity index (χ2n) is 9.12. The fourth-order valence-corrected chi connectivity index (χ4v) is 5.05. The molecule has 9 heteroatoms. The molecule has 1 spiro atoms. The standard InChI is InChI=1S/C23H30ClN5O3/c1-14(2)27-20(30)18-19(26-13-25-18)21(31)28-16-6-8-23(9-7-16)10-11-29(22(23)32)17-5-3-4-15(24)12-17/h3-5,12,14,16,25-26H,6-11,13H2,1-2H3,(H,27,30)(H,28,31). The average Bonchev–Trinajstić information content (AvgIpc) is 3.36. The van der Waals surface area contributed by atoms with Crippen LogP contribution in [0, 0.1) is 5.41 Å². The maximum absolute atomic E-state index is 13.3. The Kier molecular flexibility index (Phi) is 6.33. The lowest BCUT2D eigenvalue weighted by molar-refractivity contribution is -0.127. The second kappa shape index (κ2) is 9.02. The quantitative estimate of drug-likeness (QED) is 0.539. The molecular formula is C23H30ClN5O3. The minimum absolute atomic E-state index is 0.0216. The maximum Gasteiger partial charge on any atom is 0.269 e. The van der Waals surface area contributed by atoms with Crippen molar-refractivity contribution in [1.29, 1.82) is 0 Å². The summed E-state index contributed by atoms with van der Waals surface area (Å²) in [5, 5.41) is 12.4. The highest BCUT2D eigenvalue weighted by Gasteiger charge is 2.49. The molecule has 4 rings (SSSR count). The Morgan fingerprint density at radius 1 is 1.12 bits per heavy atom. The van der Waals surface area contributed by atoms with Crippen molar-refractivity contribution in [3.63, 3.8) is 0 Å². The van der Waals surface area contributed by atoms with E-state index in [1.807, 2.05) is 36.9 Å². The van der Waals surface area contributed by atoms with Crippen LogP contribution in [0.25, 0.3) is 0 Å². The zero-order chi connectivity index (χ0) is 22.9. The molecule has 1 aromatic carbocycles. The maximum atomic E-state index is 13.3. The number of amides is 3. The van der Waals surface area contributed by atoms with Gasteiger partial charge in [-0.05, 0) is 64.2 Å². The van der Waals surface area contributed by atoms with Crippen molar-refractivity contribution in [2.24, 2.45) is 5.41 Å². The van der Waals surface area contributed by atoms with Gasteiger partial charge in [0.1, 0.15) is 11.4 Å². The number of halogens is 1. The molecule has 1 saturated heterocycles. The Morgan fingerprint density at radius 3 is 2.47 bits per heavy atom. The van der Waals surface area contributed by atoms with Crippen molar-refractivity contribution >= 4 is 35.0 Å². The van der Waals surface area contributed by atoms with Gasteiger partial charge in [-0.25, -0.2) is 0 Å². The number of hydrogen-bond donors (Lipinski definition) is 4. The van der Waals surface area contributed by atoms with E-state index in [-0.39, 0.29) is 46.6 Å². The Hall–Kier alpha value is -2.74. The van der Waals surface area contributed by atoms with Gasteiger partial charge in [-0.1, -0.05) is 17.7 Å². The molecule has 8 nitrogen and oxygen atoms in total. The van der Waals surface area contributed by atoms with E-state index in [1.165, 1.54) is 0 Å². The van der Waals surface area contributed by atoms with Crippen LogP contribution in [0.15, 0.2) is 35.7 Å². The van der Waals surface area contributed by atoms with Crippen molar-refractivity contribution in [2.75, 3.05) is 18.1 Å². The highest BCUT2D eigenvalue weighted by molar-refractivity contribution is 6.31. The van der Waals surface area contributed by atoms with Crippen LogP contribution in [0.3, 0.4) is 0 Å². The van der Waals surface area contributed by atoms with E-state index in [1.54, 1.807) is 6.07 Å². The molecule has 0 unspecified atom stereocenters. The zero-order valence-corrected chi connectivity index (χ0v) is 19.2. The van der Waals surface area contributed by atoms with Crippen molar-refractivity contribution in [1.82, 2.24) is 21.3 Å².